The van der Waals surface area contributed by atoms with Gasteiger partial charge < -0.3 is 10.6 Å². The predicted molar refractivity (Wildman–Crippen MR) is 69.5 cm³/mol. The Bertz CT molecular complexity index is 500. The molecule has 2 rings (SSSR count). The summed E-state index contributed by atoms with van der Waals surface area (Å²) in [5.74, 6) is 0.324. The molecular weight excluding hydrogens is 252 g/mol. The van der Waals surface area contributed by atoms with Crippen LogP contribution >= 0.6 is 0 Å². The standard InChI is InChI=1S/C11H18N4O2S/c1-14-5-2-6-15(8-7-14)18(16,17)10-3-4-11(12)13-9-10/h3-4,9H,2,5-8H2,1H3,(H2,12,13). The van der Waals surface area contributed by atoms with Crippen molar-refractivity contribution in [2.45, 2.75) is 11.3 Å². The highest BCUT2D eigenvalue weighted by molar-refractivity contribution is 7.89. The van der Waals surface area contributed by atoms with Crippen LogP contribution in [0.25, 0.3) is 0 Å². The van der Waals surface area contributed by atoms with Crippen molar-refractivity contribution in [3.63, 3.8) is 0 Å². The van der Waals surface area contributed by atoms with Crippen LogP contribution in [0.4, 0.5) is 5.82 Å². The van der Waals surface area contributed by atoms with Crippen LogP contribution in [0, 0.1) is 0 Å². The lowest BCUT2D eigenvalue weighted by Crippen LogP contribution is -2.34. The SMILES string of the molecule is CN1CCCN(S(=O)(=O)c2ccc(N)nc2)CC1. The quantitative estimate of drug-likeness (QED) is 0.817. The molecule has 1 aliphatic heterocycles. The minimum Gasteiger partial charge on any atom is -0.384 e. The molecular formula is C11H18N4O2S. The van der Waals surface area contributed by atoms with Gasteiger partial charge in [-0.3, -0.25) is 0 Å². The molecule has 0 bridgehead atoms. The minimum atomic E-state index is -3.44. The normalized spacial score (nSPS) is 19.6. The van der Waals surface area contributed by atoms with Crippen LogP contribution in [0.2, 0.25) is 0 Å². The Hall–Kier alpha value is -1.18. The average Bonchev–Trinajstić information content (AvgIpc) is 2.55. The lowest BCUT2D eigenvalue weighted by atomic mass is 10.4. The zero-order valence-corrected chi connectivity index (χ0v) is 11.2. The largest absolute Gasteiger partial charge is 0.384 e. The Morgan fingerprint density at radius 2 is 2.00 bits per heavy atom. The van der Waals surface area contributed by atoms with E-state index in [1.165, 1.54) is 22.6 Å². The molecule has 0 saturated carbocycles. The first-order valence-corrected chi connectivity index (χ1v) is 7.34. The highest BCUT2D eigenvalue weighted by Gasteiger charge is 2.26. The molecule has 1 saturated heterocycles. The summed E-state index contributed by atoms with van der Waals surface area (Å²) in [7, 11) is -1.44. The Morgan fingerprint density at radius 3 is 2.67 bits per heavy atom. The van der Waals surface area contributed by atoms with Crippen molar-refractivity contribution in [3.8, 4) is 0 Å². The van der Waals surface area contributed by atoms with Crippen molar-refractivity contribution < 1.29 is 8.42 Å². The number of likely N-dealkylation sites (N-methyl/N-ethyl adjacent to an activating group) is 1. The van der Waals surface area contributed by atoms with Gasteiger partial charge in [-0.25, -0.2) is 13.4 Å². The highest BCUT2D eigenvalue weighted by atomic mass is 32.2. The van der Waals surface area contributed by atoms with Crippen LogP contribution in [0.3, 0.4) is 0 Å². The first-order chi connectivity index (χ1) is 8.50. The lowest BCUT2D eigenvalue weighted by molar-refractivity contribution is 0.347. The zero-order chi connectivity index (χ0) is 13.2. The molecule has 100 valence electrons. The maximum absolute atomic E-state index is 12.4. The van der Waals surface area contributed by atoms with Gasteiger partial charge in [0.2, 0.25) is 10.0 Å². The second kappa shape index (κ2) is 5.21. The molecule has 1 fully saturated rings. The molecule has 1 aromatic rings. The maximum Gasteiger partial charge on any atom is 0.244 e. The minimum absolute atomic E-state index is 0.209. The topological polar surface area (TPSA) is 79.5 Å². The molecule has 1 aromatic heterocycles. The molecule has 7 heteroatoms. The molecule has 0 aromatic carbocycles. The molecule has 18 heavy (non-hydrogen) atoms. The van der Waals surface area contributed by atoms with Crippen LogP contribution in [-0.2, 0) is 10.0 Å². The number of sulfonamides is 1. The number of nitrogen functional groups attached to an aromatic ring is 1. The molecule has 2 heterocycles. The van der Waals surface area contributed by atoms with Gasteiger partial charge in [0.05, 0.1) is 0 Å². The molecule has 0 aliphatic carbocycles. The Balaban J connectivity index is 2.22. The van der Waals surface area contributed by atoms with Gasteiger partial charge in [0.1, 0.15) is 10.7 Å². The highest BCUT2D eigenvalue weighted by Crippen LogP contribution is 2.17. The van der Waals surface area contributed by atoms with Crippen LogP contribution < -0.4 is 5.73 Å². The number of nitrogens with two attached hydrogens (primary N) is 1. The monoisotopic (exact) mass is 270 g/mol. The summed E-state index contributed by atoms with van der Waals surface area (Å²) in [5, 5.41) is 0. The van der Waals surface area contributed by atoms with E-state index in [1.54, 1.807) is 0 Å². The number of rotatable bonds is 2. The van der Waals surface area contributed by atoms with Gasteiger partial charge in [-0.1, -0.05) is 0 Å². The van der Waals surface area contributed by atoms with Crippen molar-refractivity contribution in [1.29, 1.82) is 0 Å². The fraction of sp³-hybridized carbons (Fsp3) is 0.545. The zero-order valence-electron chi connectivity index (χ0n) is 10.4. The van der Waals surface area contributed by atoms with Gasteiger partial charge in [-0.15, -0.1) is 0 Å². The van der Waals surface area contributed by atoms with E-state index >= 15 is 0 Å². The summed E-state index contributed by atoms with van der Waals surface area (Å²) in [6, 6.07) is 3.02. The third-order valence-electron chi connectivity index (χ3n) is 3.08. The van der Waals surface area contributed by atoms with E-state index in [9.17, 15) is 8.42 Å². The van der Waals surface area contributed by atoms with Crippen LogP contribution in [0.15, 0.2) is 23.2 Å². The van der Waals surface area contributed by atoms with Gasteiger partial charge >= 0.3 is 0 Å². The molecule has 0 unspecified atom stereocenters. The lowest BCUT2D eigenvalue weighted by Gasteiger charge is -2.19. The van der Waals surface area contributed by atoms with Crippen LogP contribution in [-0.4, -0.2) is 55.8 Å². The van der Waals surface area contributed by atoms with Gasteiger partial charge in [-0.2, -0.15) is 4.31 Å². The second-order valence-corrected chi connectivity index (χ2v) is 6.42. The number of pyridine rings is 1. The first kappa shape index (κ1) is 13.3. The predicted octanol–water partition coefficient (Wildman–Crippen LogP) is -0.0100. The Kier molecular flexibility index (Phi) is 3.84. The average molecular weight is 270 g/mol. The summed E-state index contributed by atoms with van der Waals surface area (Å²) in [5.41, 5.74) is 5.47. The van der Waals surface area contributed by atoms with E-state index in [0.717, 1.165) is 19.5 Å². The van der Waals surface area contributed by atoms with E-state index in [1.807, 2.05) is 7.05 Å². The fourth-order valence-corrected chi connectivity index (χ4v) is 3.37. The molecule has 0 amide bonds. The molecule has 0 radical (unpaired) electrons. The third-order valence-corrected chi connectivity index (χ3v) is 4.96. The molecule has 1 aliphatic rings. The number of hydrogen-bond donors (Lipinski definition) is 1. The van der Waals surface area contributed by atoms with Crippen molar-refractivity contribution in [2.75, 3.05) is 39.0 Å². The maximum atomic E-state index is 12.4. The third kappa shape index (κ3) is 2.80. The number of aromatic nitrogens is 1. The van der Waals surface area contributed by atoms with Crippen molar-refractivity contribution in [2.24, 2.45) is 0 Å². The van der Waals surface area contributed by atoms with Crippen LogP contribution in [0.5, 0.6) is 0 Å². The van der Waals surface area contributed by atoms with Crippen molar-refractivity contribution in [1.82, 2.24) is 14.2 Å². The number of anilines is 1. The summed E-state index contributed by atoms with van der Waals surface area (Å²) in [4.78, 5) is 6.19. The van der Waals surface area contributed by atoms with Crippen LogP contribution in [0.1, 0.15) is 6.42 Å². The summed E-state index contributed by atoms with van der Waals surface area (Å²) < 4.78 is 26.3. The van der Waals surface area contributed by atoms with Gasteiger partial charge in [0.15, 0.2) is 0 Å². The summed E-state index contributed by atoms with van der Waals surface area (Å²) in [6.07, 6.45) is 2.16. The van der Waals surface area contributed by atoms with E-state index < -0.39 is 10.0 Å². The molecule has 0 spiro atoms. The van der Waals surface area contributed by atoms with Crippen molar-refractivity contribution in [3.05, 3.63) is 18.3 Å². The second-order valence-electron chi connectivity index (χ2n) is 4.48. The van der Waals surface area contributed by atoms with E-state index in [2.05, 4.69) is 9.88 Å². The number of hydrogen-bond acceptors (Lipinski definition) is 5. The van der Waals surface area contributed by atoms with Gasteiger partial charge in [-0.05, 0) is 32.1 Å². The molecule has 0 atom stereocenters. The van der Waals surface area contributed by atoms with Crippen molar-refractivity contribution >= 4 is 15.8 Å². The smallest absolute Gasteiger partial charge is 0.244 e. The van der Waals surface area contributed by atoms with E-state index in [4.69, 9.17) is 5.73 Å². The Labute approximate surface area is 107 Å². The van der Waals surface area contributed by atoms with E-state index in [-0.39, 0.29) is 4.90 Å². The van der Waals surface area contributed by atoms with E-state index in [0.29, 0.717) is 18.9 Å². The Morgan fingerprint density at radius 1 is 1.22 bits per heavy atom. The van der Waals surface area contributed by atoms with Gasteiger partial charge in [0.25, 0.3) is 0 Å². The molecule has 6 nitrogen and oxygen atoms in total. The fourth-order valence-electron chi connectivity index (χ4n) is 1.96. The first-order valence-electron chi connectivity index (χ1n) is 5.90. The number of nitrogens with zero attached hydrogens (tertiary/aromatic N) is 3. The molecule has 2 N–H and O–H groups in total. The summed E-state index contributed by atoms with van der Waals surface area (Å²) in [6.45, 7) is 2.74. The van der Waals surface area contributed by atoms with Gasteiger partial charge in [0, 0.05) is 25.8 Å². The summed E-state index contributed by atoms with van der Waals surface area (Å²) >= 11 is 0.